The van der Waals surface area contributed by atoms with E-state index in [-0.39, 0.29) is 12.5 Å². The van der Waals surface area contributed by atoms with Crippen molar-refractivity contribution in [3.63, 3.8) is 0 Å². The molecule has 3 rings (SSSR count). The number of fused-ring (bicyclic) bond motifs is 1. The monoisotopic (exact) mass is 284 g/mol. The van der Waals surface area contributed by atoms with Gasteiger partial charge < -0.3 is 10.2 Å². The number of carbonyl (C=O) groups is 1. The highest BCUT2D eigenvalue weighted by Gasteiger charge is 2.14. The molecule has 1 unspecified atom stereocenters. The fraction of sp³-hybridized carbons (Fsp3) is 0.278. The molecule has 0 radical (unpaired) electrons. The molecular formula is C18H20O3. The Bertz CT molecular complexity index is 578. The lowest BCUT2D eigenvalue weighted by Gasteiger charge is -2.19. The molecule has 2 N–H and O–H groups in total. The third-order valence-electron chi connectivity index (χ3n) is 3.52. The Hall–Kier alpha value is -2.13. The summed E-state index contributed by atoms with van der Waals surface area (Å²) >= 11 is 0. The van der Waals surface area contributed by atoms with Crippen LogP contribution in [0, 0.1) is 0 Å². The van der Waals surface area contributed by atoms with Crippen molar-refractivity contribution in [1.82, 2.24) is 0 Å². The highest BCUT2D eigenvalue weighted by atomic mass is 16.4. The van der Waals surface area contributed by atoms with E-state index >= 15 is 0 Å². The molecule has 1 atom stereocenters. The molecule has 110 valence electrons. The summed E-state index contributed by atoms with van der Waals surface area (Å²) in [6, 6.07) is 17.5. The minimum Gasteiger partial charge on any atom is -0.481 e. The molecule has 0 heterocycles. The molecule has 0 bridgehead atoms. The number of hydrogen-bond donors (Lipinski definition) is 2. The minimum absolute atomic E-state index is 0.107. The summed E-state index contributed by atoms with van der Waals surface area (Å²) in [5.74, 6) is -0.786. The van der Waals surface area contributed by atoms with Gasteiger partial charge in [0.25, 0.3) is 0 Å². The van der Waals surface area contributed by atoms with Gasteiger partial charge in [0, 0.05) is 0 Å². The van der Waals surface area contributed by atoms with Gasteiger partial charge in [-0.05, 0) is 36.0 Å². The largest absolute Gasteiger partial charge is 0.481 e. The quantitative estimate of drug-likeness (QED) is 0.891. The summed E-state index contributed by atoms with van der Waals surface area (Å²) in [7, 11) is 0. The number of carboxylic acid groups (broad SMARTS) is 1. The summed E-state index contributed by atoms with van der Waals surface area (Å²) in [6.07, 6.45) is 2.82. The van der Waals surface area contributed by atoms with E-state index in [1.165, 1.54) is 11.1 Å². The molecule has 2 aromatic carbocycles. The Balaban J connectivity index is 0.000000155. The Morgan fingerprint density at radius 2 is 1.62 bits per heavy atom. The topological polar surface area (TPSA) is 57.5 Å². The summed E-state index contributed by atoms with van der Waals surface area (Å²) in [5.41, 5.74) is 3.58. The van der Waals surface area contributed by atoms with Crippen molar-refractivity contribution in [2.75, 3.05) is 0 Å². The second-order valence-corrected chi connectivity index (χ2v) is 5.22. The number of aliphatic hydroxyl groups is 1. The first kappa shape index (κ1) is 15.3. The van der Waals surface area contributed by atoms with Gasteiger partial charge in [-0.25, -0.2) is 0 Å². The van der Waals surface area contributed by atoms with Crippen LogP contribution in [-0.4, -0.2) is 22.3 Å². The fourth-order valence-corrected chi connectivity index (χ4v) is 2.45. The highest BCUT2D eigenvalue weighted by Crippen LogP contribution is 2.20. The molecule has 0 spiro atoms. The van der Waals surface area contributed by atoms with E-state index in [2.05, 4.69) is 18.2 Å². The molecule has 0 fully saturated rings. The summed E-state index contributed by atoms with van der Waals surface area (Å²) in [5, 5.41) is 17.7. The van der Waals surface area contributed by atoms with E-state index in [4.69, 9.17) is 5.11 Å². The van der Waals surface area contributed by atoms with Crippen LogP contribution in [0.2, 0.25) is 0 Å². The van der Waals surface area contributed by atoms with Crippen molar-refractivity contribution in [2.45, 2.75) is 31.8 Å². The first-order valence-electron chi connectivity index (χ1n) is 7.15. The molecule has 3 heteroatoms. The maximum absolute atomic E-state index is 10.2. The molecule has 0 saturated heterocycles. The van der Waals surface area contributed by atoms with Crippen molar-refractivity contribution >= 4 is 5.97 Å². The third-order valence-corrected chi connectivity index (χ3v) is 3.52. The number of hydrogen-bond acceptors (Lipinski definition) is 2. The molecule has 0 saturated carbocycles. The molecule has 3 nitrogen and oxygen atoms in total. The summed E-state index contributed by atoms with van der Waals surface area (Å²) in [4.78, 5) is 10.2. The van der Waals surface area contributed by atoms with Crippen LogP contribution in [-0.2, 0) is 24.1 Å². The number of benzene rings is 2. The Morgan fingerprint density at radius 3 is 2.29 bits per heavy atom. The number of carboxylic acids is 1. The zero-order valence-corrected chi connectivity index (χ0v) is 11.9. The lowest BCUT2D eigenvalue weighted by molar-refractivity contribution is -0.136. The number of aliphatic carboxylic acids is 1. The second-order valence-electron chi connectivity index (χ2n) is 5.22. The summed E-state index contributed by atoms with van der Waals surface area (Å²) < 4.78 is 0. The minimum atomic E-state index is -0.786. The predicted molar refractivity (Wildman–Crippen MR) is 82.3 cm³/mol. The maximum atomic E-state index is 10.2. The number of rotatable bonds is 2. The molecule has 1 aliphatic rings. The molecule has 0 aromatic heterocycles. The van der Waals surface area contributed by atoms with Gasteiger partial charge in [-0.1, -0.05) is 54.6 Å². The molecule has 0 aliphatic heterocycles. The van der Waals surface area contributed by atoms with E-state index in [1.807, 2.05) is 24.3 Å². The van der Waals surface area contributed by atoms with Gasteiger partial charge in [0.05, 0.1) is 12.5 Å². The predicted octanol–water partition coefficient (Wildman–Crippen LogP) is 2.85. The number of aliphatic hydroxyl groups excluding tert-OH is 1. The van der Waals surface area contributed by atoms with Gasteiger partial charge in [0.15, 0.2) is 0 Å². The van der Waals surface area contributed by atoms with Crippen molar-refractivity contribution in [3.8, 4) is 0 Å². The Kier molecular flexibility index (Phi) is 5.52. The van der Waals surface area contributed by atoms with E-state index in [9.17, 15) is 9.90 Å². The van der Waals surface area contributed by atoms with E-state index in [0.717, 1.165) is 24.8 Å². The second kappa shape index (κ2) is 7.60. The molecular weight excluding hydrogens is 264 g/mol. The lowest BCUT2D eigenvalue weighted by Crippen LogP contribution is -2.18. The zero-order valence-electron chi connectivity index (χ0n) is 11.9. The van der Waals surface area contributed by atoms with Gasteiger partial charge in [0.1, 0.15) is 0 Å². The highest BCUT2D eigenvalue weighted by molar-refractivity contribution is 5.70. The average Bonchev–Trinajstić information content (AvgIpc) is 2.48. The van der Waals surface area contributed by atoms with Crippen LogP contribution >= 0.6 is 0 Å². The van der Waals surface area contributed by atoms with E-state index in [0.29, 0.717) is 0 Å². The standard InChI is InChI=1S/C10H12O.C8H8O2/c11-10-6-5-8-3-1-2-4-9(8)7-10;9-8(10)6-7-4-2-1-3-5-7/h1-4,10-11H,5-7H2;1-5H,6H2,(H,9,10). The van der Waals surface area contributed by atoms with Crippen LogP contribution < -0.4 is 0 Å². The van der Waals surface area contributed by atoms with Crippen LogP contribution in [0.4, 0.5) is 0 Å². The van der Waals surface area contributed by atoms with Crippen LogP contribution in [0.3, 0.4) is 0 Å². The fourth-order valence-electron chi connectivity index (χ4n) is 2.45. The maximum Gasteiger partial charge on any atom is 0.307 e. The molecule has 21 heavy (non-hydrogen) atoms. The van der Waals surface area contributed by atoms with Crippen molar-refractivity contribution < 1.29 is 15.0 Å². The average molecular weight is 284 g/mol. The van der Waals surface area contributed by atoms with Crippen LogP contribution in [0.15, 0.2) is 54.6 Å². The van der Waals surface area contributed by atoms with E-state index in [1.54, 1.807) is 12.1 Å². The summed E-state index contributed by atoms with van der Waals surface area (Å²) in [6.45, 7) is 0. The van der Waals surface area contributed by atoms with Crippen molar-refractivity contribution in [2.24, 2.45) is 0 Å². The Morgan fingerprint density at radius 1 is 1.00 bits per heavy atom. The van der Waals surface area contributed by atoms with Gasteiger partial charge in [0.2, 0.25) is 0 Å². The van der Waals surface area contributed by atoms with Gasteiger partial charge in [-0.2, -0.15) is 0 Å². The van der Waals surface area contributed by atoms with Crippen molar-refractivity contribution in [3.05, 3.63) is 71.3 Å². The van der Waals surface area contributed by atoms with Gasteiger partial charge in [-0.3, -0.25) is 4.79 Å². The number of aryl methyl sites for hydroxylation is 1. The van der Waals surface area contributed by atoms with Crippen LogP contribution in [0.25, 0.3) is 0 Å². The first-order chi connectivity index (χ1) is 10.1. The lowest BCUT2D eigenvalue weighted by atomic mass is 9.90. The van der Waals surface area contributed by atoms with Crippen LogP contribution in [0.1, 0.15) is 23.1 Å². The first-order valence-corrected chi connectivity index (χ1v) is 7.15. The third kappa shape index (κ3) is 5.04. The normalized spacial score (nSPS) is 16.3. The molecule has 2 aromatic rings. The molecule has 1 aliphatic carbocycles. The van der Waals surface area contributed by atoms with Gasteiger partial charge >= 0.3 is 5.97 Å². The smallest absolute Gasteiger partial charge is 0.307 e. The SMILES string of the molecule is O=C(O)Cc1ccccc1.OC1CCc2ccccc2C1. The van der Waals surface area contributed by atoms with E-state index < -0.39 is 5.97 Å². The Labute approximate surface area is 124 Å². The van der Waals surface area contributed by atoms with Crippen LogP contribution in [0.5, 0.6) is 0 Å². The zero-order chi connectivity index (χ0) is 15.1. The molecule has 0 amide bonds. The van der Waals surface area contributed by atoms with Gasteiger partial charge in [-0.15, -0.1) is 0 Å². The van der Waals surface area contributed by atoms with Crippen molar-refractivity contribution in [1.29, 1.82) is 0 Å².